The Morgan fingerprint density at radius 2 is 1.55 bits per heavy atom. The highest BCUT2D eigenvalue weighted by atomic mass is 31.2. The molecule has 0 bridgehead atoms. The minimum absolute atomic E-state index is 0.132. The Morgan fingerprint density at radius 3 is 2.17 bits per heavy atom. The van der Waals surface area contributed by atoms with Crippen molar-refractivity contribution < 1.29 is 18.3 Å². The summed E-state index contributed by atoms with van der Waals surface area (Å²) in [6.45, 7) is 6.93. The number of hydrogen-bond donors (Lipinski definition) is 0. The first-order valence-electron chi connectivity index (χ1n) is 9.92. The summed E-state index contributed by atoms with van der Waals surface area (Å²) >= 11 is 0. The lowest BCUT2D eigenvalue weighted by Crippen LogP contribution is -2.34. The normalized spacial score (nSPS) is 18.3. The molecule has 0 saturated carbocycles. The van der Waals surface area contributed by atoms with Crippen LogP contribution >= 0.6 is 7.75 Å². The van der Waals surface area contributed by atoms with E-state index in [2.05, 4.69) is 0 Å². The quantitative estimate of drug-likeness (QED) is 0.310. The molecule has 0 radical (unpaired) electrons. The maximum Gasteiger partial charge on any atom is 0.408 e. The van der Waals surface area contributed by atoms with Crippen molar-refractivity contribution in [2.75, 3.05) is 26.4 Å². The van der Waals surface area contributed by atoms with Gasteiger partial charge in [0, 0.05) is 18.5 Å². The highest BCUT2D eigenvalue weighted by Crippen LogP contribution is 2.57. The fraction of sp³-hybridized carbons (Fsp3) is 0.391. The van der Waals surface area contributed by atoms with E-state index in [9.17, 15) is 4.57 Å². The minimum atomic E-state index is -3.33. The van der Waals surface area contributed by atoms with Crippen LogP contribution < -0.4 is 0 Å². The summed E-state index contributed by atoms with van der Waals surface area (Å²) in [4.78, 5) is 0. The number of nitrogens with zero attached hydrogens (tertiary/aromatic N) is 1. The highest BCUT2D eigenvalue weighted by Gasteiger charge is 2.41. The fourth-order valence-corrected chi connectivity index (χ4v) is 4.94. The third-order valence-corrected chi connectivity index (χ3v) is 6.51. The smallest absolute Gasteiger partial charge is 0.373 e. The molecule has 0 aromatic heterocycles. The monoisotopic (exact) mass is 415 g/mol. The SMILES string of the molecule is CC1(C)COP(=O)(N(C/C=C/COCc2ccccc2)Cc2ccccc2)OC1. The van der Waals surface area contributed by atoms with Gasteiger partial charge in [0.15, 0.2) is 0 Å². The molecule has 1 aliphatic rings. The zero-order valence-electron chi connectivity index (χ0n) is 17.2. The molecule has 29 heavy (non-hydrogen) atoms. The maximum absolute atomic E-state index is 13.3. The lowest BCUT2D eigenvalue weighted by atomic mass is 9.97. The van der Waals surface area contributed by atoms with Gasteiger partial charge in [-0.1, -0.05) is 86.7 Å². The molecule has 6 heteroatoms. The summed E-state index contributed by atoms with van der Waals surface area (Å²) in [6.07, 6.45) is 3.90. The molecule has 2 aromatic carbocycles. The van der Waals surface area contributed by atoms with E-state index in [1.54, 1.807) is 4.67 Å². The molecular formula is C23H30NO4P. The Labute approximate surface area is 173 Å². The molecule has 1 heterocycles. The van der Waals surface area contributed by atoms with Gasteiger partial charge in [0.05, 0.1) is 26.4 Å². The van der Waals surface area contributed by atoms with E-state index >= 15 is 0 Å². The van der Waals surface area contributed by atoms with E-state index in [0.29, 0.717) is 39.5 Å². The summed E-state index contributed by atoms with van der Waals surface area (Å²) in [5, 5.41) is 0. The van der Waals surface area contributed by atoms with Crippen molar-refractivity contribution in [1.82, 2.24) is 4.67 Å². The van der Waals surface area contributed by atoms with Gasteiger partial charge in [-0.15, -0.1) is 0 Å². The van der Waals surface area contributed by atoms with Gasteiger partial charge in [0.1, 0.15) is 0 Å². The molecule has 0 spiro atoms. The molecule has 5 nitrogen and oxygen atoms in total. The van der Waals surface area contributed by atoms with E-state index in [1.165, 1.54) is 0 Å². The van der Waals surface area contributed by atoms with Gasteiger partial charge in [-0.05, 0) is 11.1 Å². The number of rotatable bonds is 9. The van der Waals surface area contributed by atoms with Crippen molar-refractivity contribution >= 4 is 7.75 Å². The summed E-state index contributed by atoms with van der Waals surface area (Å²) in [7, 11) is -3.33. The first kappa shape index (κ1) is 21.9. The van der Waals surface area contributed by atoms with Crippen molar-refractivity contribution in [3.05, 3.63) is 83.9 Å². The Hall–Kier alpha value is -1.75. The standard InChI is InChI=1S/C23H30NO4P/c1-23(2)19-27-29(25,28-20-23)24(17-21-11-5-3-6-12-21)15-9-10-16-26-18-22-13-7-4-8-14-22/h3-14H,15-20H2,1-2H3/b10-9+. The zero-order valence-corrected chi connectivity index (χ0v) is 18.1. The van der Waals surface area contributed by atoms with Gasteiger partial charge in [0.2, 0.25) is 0 Å². The molecule has 1 fully saturated rings. The molecule has 0 atom stereocenters. The highest BCUT2D eigenvalue weighted by molar-refractivity contribution is 7.51. The van der Waals surface area contributed by atoms with Crippen molar-refractivity contribution in [1.29, 1.82) is 0 Å². The topological polar surface area (TPSA) is 48.0 Å². The van der Waals surface area contributed by atoms with Crippen LogP contribution in [0.3, 0.4) is 0 Å². The second kappa shape index (κ2) is 10.3. The molecule has 2 aromatic rings. The van der Waals surface area contributed by atoms with E-state index in [-0.39, 0.29) is 5.41 Å². The first-order chi connectivity index (χ1) is 14.0. The van der Waals surface area contributed by atoms with Crippen LogP contribution in [0.4, 0.5) is 0 Å². The first-order valence-corrected chi connectivity index (χ1v) is 11.4. The van der Waals surface area contributed by atoms with Crippen molar-refractivity contribution in [2.45, 2.75) is 27.0 Å². The second-order valence-electron chi connectivity index (χ2n) is 7.98. The van der Waals surface area contributed by atoms with Gasteiger partial charge < -0.3 is 4.74 Å². The largest absolute Gasteiger partial charge is 0.408 e. The minimum Gasteiger partial charge on any atom is -0.373 e. The lowest BCUT2D eigenvalue weighted by molar-refractivity contribution is 0.0212. The Kier molecular flexibility index (Phi) is 7.82. The summed E-state index contributed by atoms with van der Waals surface area (Å²) in [5.74, 6) is 0. The van der Waals surface area contributed by atoms with E-state index in [0.717, 1.165) is 11.1 Å². The van der Waals surface area contributed by atoms with Crippen molar-refractivity contribution in [3.8, 4) is 0 Å². The van der Waals surface area contributed by atoms with Gasteiger partial charge in [0.25, 0.3) is 0 Å². The van der Waals surface area contributed by atoms with Gasteiger partial charge in [-0.3, -0.25) is 9.05 Å². The van der Waals surface area contributed by atoms with Gasteiger partial charge >= 0.3 is 7.75 Å². The van der Waals surface area contributed by atoms with Gasteiger partial charge in [-0.2, -0.15) is 0 Å². The maximum atomic E-state index is 13.3. The molecule has 1 saturated heterocycles. The van der Waals surface area contributed by atoms with Gasteiger partial charge in [-0.25, -0.2) is 9.24 Å². The van der Waals surface area contributed by atoms with Crippen LogP contribution in [-0.2, 0) is 31.5 Å². The Balaban J connectivity index is 1.57. The third-order valence-electron chi connectivity index (χ3n) is 4.60. The summed E-state index contributed by atoms with van der Waals surface area (Å²) in [5.41, 5.74) is 2.07. The fourth-order valence-electron chi connectivity index (χ4n) is 2.88. The van der Waals surface area contributed by atoms with Crippen LogP contribution in [0.25, 0.3) is 0 Å². The van der Waals surface area contributed by atoms with E-state index < -0.39 is 7.75 Å². The van der Waals surface area contributed by atoms with E-state index in [1.807, 2.05) is 86.7 Å². The average molecular weight is 415 g/mol. The molecule has 156 valence electrons. The predicted molar refractivity (Wildman–Crippen MR) is 115 cm³/mol. The van der Waals surface area contributed by atoms with Crippen molar-refractivity contribution in [3.63, 3.8) is 0 Å². The second-order valence-corrected chi connectivity index (χ2v) is 10.0. The molecule has 1 aliphatic heterocycles. The van der Waals surface area contributed by atoms with Crippen molar-refractivity contribution in [2.24, 2.45) is 5.41 Å². The summed E-state index contributed by atoms with van der Waals surface area (Å²) < 4.78 is 32.3. The lowest BCUT2D eigenvalue weighted by Gasteiger charge is -2.38. The molecule has 0 amide bonds. The molecular weight excluding hydrogens is 385 g/mol. The van der Waals surface area contributed by atoms with Crippen LogP contribution in [0.1, 0.15) is 25.0 Å². The molecule has 0 N–H and O–H groups in total. The molecule has 3 rings (SSSR count). The van der Waals surface area contributed by atoms with Crippen LogP contribution in [0, 0.1) is 5.41 Å². The third kappa shape index (κ3) is 6.91. The summed E-state index contributed by atoms with van der Waals surface area (Å²) in [6, 6.07) is 20.0. The predicted octanol–water partition coefficient (Wildman–Crippen LogP) is 5.44. The Morgan fingerprint density at radius 1 is 0.966 bits per heavy atom. The molecule has 0 aliphatic carbocycles. The van der Waals surface area contributed by atoms with Crippen LogP contribution in [0.15, 0.2) is 72.8 Å². The molecule has 0 unspecified atom stereocenters. The average Bonchev–Trinajstić information content (AvgIpc) is 2.73. The number of benzene rings is 2. The van der Waals surface area contributed by atoms with Crippen LogP contribution in [0.5, 0.6) is 0 Å². The van der Waals surface area contributed by atoms with Crippen LogP contribution in [-0.4, -0.2) is 31.0 Å². The number of hydrogen-bond acceptors (Lipinski definition) is 4. The van der Waals surface area contributed by atoms with Crippen LogP contribution in [0.2, 0.25) is 0 Å². The van der Waals surface area contributed by atoms with E-state index in [4.69, 9.17) is 13.8 Å². The zero-order chi connectivity index (χ0) is 20.6. The number of ether oxygens (including phenoxy) is 1. The Bertz CT molecular complexity index is 809.